The molecule has 2 aliphatic rings. The minimum atomic E-state index is -4.82. The highest BCUT2D eigenvalue weighted by Gasteiger charge is 2.33. The van der Waals surface area contributed by atoms with Gasteiger partial charge in [-0.2, -0.15) is 0 Å². The molecule has 1 saturated carbocycles. The number of piperidine rings is 1. The maximum absolute atomic E-state index is 12.7. The normalized spacial score (nSPS) is 18.4. The summed E-state index contributed by atoms with van der Waals surface area (Å²) < 4.78 is 42.3. The highest BCUT2D eigenvalue weighted by atomic mass is 35.5. The van der Waals surface area contributed by atoms with Crippen LogP contribution >= 0.6 is 12.4 Å². The van der Waals surface area contributed by atoms with Crippen LogP contribution in [0.5, 0.6) is 5.75 Å². The van der Waals surface area contributed by atoms with Crippen molar-refractivity contribution in [3.8, 4) is 5.75 Å². The molecule has 1 amide bonds. The van der Waals surface area contributed by atoms with Gasteiger partial charge >= 0.3 is 6.36 Å². The molecule has 2 N–H and O–H groups in total. The first-order valence-corrected chi connectivity index (χ1v) is 8.31. The molecule has 140 valence electrons. The van der Waals surface area contributed by atoms with E-state index in [0.717, 1.165) is 44.3 Å². The van der Waals surface area contributed by atoms with Crippen LogP contribution in [0, 0.1) is 5.92 Å². The lowest BCUT2D eigenvalue weighted by Gasteiger charge is -2.24. The van der Waals surface area contributed by atoms with Crippen LogP contribution in [0.25, 0.3) is 0 Å². The van der Waals surface area contributed by atoms with E-state index in [1.807, 2.05) is 0 Å². The summed E-state index contributed by atoms with van der Waals surface area (Å²) in [5, 5.41) is 5.91. The van der Waals surface area contributed by atoms with Gasteiger partial charge in [0.1, 0.15) is 5.75 Å². The van der Waals surface area contributed by atoms with Gasteiger partial charge in [0, 0.05) is 6.54 Å². The van der Waals surface area contributed by atoms with Crippen LogP contribution in [0.1, 0.15) is 47.5 Å². The predicted molar refractivity (Wildman–Crippen MR) is 90.3 cm³/mol. The summed E-state index contributed by atoms with van der Waals surface area (Å²) >= 11 is 0. The maximum atomic E-state index is 12.7. The number of halogens is 4. The van der Waals surface area contributed by atoms with Crippen LogP contribution in [0.15, 0.2) is 18.2 Å². The Labute approximate surface area is 150 Å². The Morgan fingerprint density at radius 1 is 1.20 bits per heavy atom. The Morgan fingerprint density at radius 2 is 1.88 bits per heavy atom. The third kappa shape index (κ3) is 5.78. The molecule has 1 aliphatic heterocycles. The molecular weight excluding hydrogens is 357 g/mol. The number of hydrogen-bond acceptors (Lipinski definition) is 3. The standard InChI is InChI=1S/C17H21F3N2O2.ClH/c18-17(19,20)24-15-9-13(12-5-7-21-8-6-12)3-4-14(15)16(23)22-10-11-1-2-11;/h3-4,9,11-12,21H,1-2,5-8,10H2,(H,22,23);1H. The summed E-state index contributed by atoms with van der Waals surface area (Å²) in [6, 6.07) is 4.56. The molecule has 0 unspecified atom stereocenters. The molecule has 0 aromatic heterocycles. The first-order valence-electron chi connectivity index (χ1n) is 8.31. The molecular formula is C17H22ClF3N2O2. The van der Waals surface area contributed by atoms with E-state index < -0.39 is 18.0 Å². The molecule has 25 heavy (non-hydrogen) atoms. The van der Waals surface area contributed by atoms with E-state index in [9.17, 15) is 18.0 Å². The zero-order chi connectivity index (χ0) is 17.2. The van der Waals surface area contributed by atoms with Gasteiger partial charge in [0.2, 0.25) is 0 Å². The van der Waals surface area contributed by atoms with Crippen molar-refractivity contribution in [2.24, 2.45) is 5.92 Å². The van der Waals surface area contributed by atoms with E-state index in [0.29, 0.717) is 12.5 Å². The van der Waals surface area contributed by atoms with E-state index in [2.05, 4.69) is 15.4 Å². The fourth-order valence-electron chi connectivity index (χ4n) is 3.00. The smallest absolute Gasteiger partial charge is 0.405 e. The Balaban J connectivity index is 0.00000225. The van der Waals surface area contributed by atoms with Gasteiger partial charge in [0.05, 0.1) is 5.56 Å². The fraction of sp³-hybridized carbons (Fsp3) is 0.588. The third-order valence-electron chi connectivity index (χ3n) is 4.53. The van der Waals surface area contributed by atoms with Gasteiger partial charge in [-0.15, -0.1) is 25.6 Å². The van der Waals surface area contributed by atoms with Gasteiger partial charge in [0.15, 0.2) is 0 Å². The summed E-state index contributed by atoms with van der Waals surface area (Å²) in [5.74, 6) is -0.287. The van der Waals surface area contributed by atoms with Gasteiger partial charge < -0.3 is 15.4 Å². The van der Waals surface area contributed by atoms with Crippen molar-refractivity contribution in [2.75, 3.05) is 19.6 Å². The van der Waals surface area contributed by atoms with Crippen molar-refractivity contribution >= 4 is 18.3 Å². The lowest BCUT2D eigenvalue weighted by atomic mass is 9.89. The number of rotatable bonds is 5. The Hall–Kier alpha value is -1.47. The first-order chi connectivity index (χ1) is 11.4. The van der Waals surface area contributed by atoms with E-state index in [4.69, 9.17) is 0 Å². The van der Waals surface area contributed by atoms with Crippen molar-refractivity contribution in [3.05, 3.63) is 29.3 Å². The number of alkyl halides is 3. The summed E-state index contributed by atoms with van der Waals surface area (Å²) in [5.41, 5.74) is 0.722. The Kier molecular flexibility index (Phi) is 6.57. The van der Waals surface area contributed by atoms with Crippen molar-refractivity contribution in [1.82, 2.24) is 10.6 Å². The zero-order valence-electron chi connectivity index (χ0n) is 13.7. The Morgan fingerprint density at radius 3 is 2.48 bits per heavy atom. The predicted octanol–water partition coefficient (Wildman–Crippen LogP) is 3.61. The minimum absolute atomic E-state index is 0. The van der Waals surface area contributed by atoms with Gasteiger partial charge in [-0.05, 0) is 68.3 Å². The van der Waals surface area contributed by atoms with Gasteiger partial charge in [-0.25, -0.2) is 0 Å². The lowest BCUT2D eigenvalue weighted by molar-refractivity contribution is -0.274. The van der Waals surface area contributed by atoms with Gasteiger partial charge in [-0.1, -0.05) is 6.07 Å². The van der Waals surface area contributed by atoms with Crippen LogP contribution in [0.4, 0.5) is 13.2 Å². The molecule has 1 aromatic rings. The monoisotopic (exact) mass is 378 g/mol. The zero-order valence-corrected chi connectivity index (χ0v) is 14.5. The molecule has 0 radical (unpaired) electrons. The molecule has 0 atom stereocenters. The van der Waals surface area contributed by atoms with Crippen LogP contribution in [-0.2, 0) is 0 Å². The number of nitrogens with one attached hydrogen (secondary N) is 2. The average molecular weight is 379 g/mol. The second-order valence-corrected chi connectivity index (χ2v) is 6.48. The van der Waals surface area contributed by atoms with Crippen molar-refractivity contribution < 1.29 is 22.7 Å². The van der Waals surface area contributed by atoms with E-state index in [1.54, 1.807) is 6.07 Å². The second-order valence-electron chi connectivity index (χ2n) is 6.48. The van der Waals surface area contributed by atoms with Gasteiger partial charge in [-0.3, -0.25) is 4.79 Å². The summed E-state index contributed by atoms with van der Waals surface area (Å²) in [7, 11) is 0. The number of carbonyl (C=O) groups is 1. The Bertz CT molecular complexity index is 600. The van der Waals surface area contributed by atoms with E-state index >= 15 is 0 Å². The summed E-state index contributed by atoms with van der Waals surface area (Å²) in [6.07, 6.45) is -0.989. The summed E-state index contributed by atoms with van der Waals surface area (Å²) in [4.78, 5) is 12.2. The molecule has 0 spiro atoms. The first kappa shape index (κ1) is 19.8. The highest BCUT2D eigenvalue weighted by molar-refractivity contribution is 5.97. The molecule has 4 nitrogen and oxygen atoms in total. The van der Waals surface area contributed by atoms with Crippen LogP contribution in [0.2, 0.25) is 0 Å². The lowest BCUT2D eigenvalue weighted by Crippen LogP contribution is -2.28. The van der Waals surface area contributed by atoms with Crippen LogP contribution in [-0.4, -0.2) is 31.9 Å². The van der Waals surface area contributed by atoms with E-state index in [-0.39, 0.29) is 23.9 Å². The molecule has 1 aromatic carbocycles. The number of ether oxygens (including phenoxy) is 1. The molecule has 2 fully saturated rings. The van der Waals surface area contributed by atoms with Crippen molar-refractivity contribution in [1.29, 1.82) is 0 Å². The van der Waals surface area contributed by atoms with Crippen LogP contribution in [0.3, 0.4) is 0 Å². The van der Waals surface area contributed by atoms with Crippen LogP contribution < -0.4 is 15.4 Å². The molecule has 3 rings (SSSR count). The largest absolute Gasteiger partial charge is 0.573 e. The number of benzene rings is 1. The molecule has 8 heteroatoms. The van der Waals surface area contributed by atoms with Crippen molar-refractivity contribution in [2.45, 2.75) is 38.0 Å². The fourth-order valence-corrected chi connectivity index (χ4v) is 3.00. The third-order valence-corrected chi connectivity index (χ3v) is 4.53. The minimum Gasteiger partial charge on any atom is -0.405 e. The summed E-state index contributed by atoms with van der Waals surface area (Å²) in [6.45, 7) is 2.17. The SMILES string of the molecule is Cl.O=C(NCC1CC1)c1ccc(C2CCNCC2)cc1OC(F)(F)F. The van der Waals surface area contributed by atoms with Gasteiger partial charge in [0.25, 0.3) is 5.91 Å². The van der Waals surface area contributed by atoms with Crippen molar-refractivity contribution in [3.63, 3.8) is 0 Å². The molecule has 0 bridgehead atoms. The highest BCUT2D eigenvalue weighted by Crippen LogP contribution is 2.33. The average Bonchev–Trinajstić information content (AvgIpc) is 3.36. The maximum Gasteiger partial charge on any atom is 0.573 e. The molecule has 1 heterocycles. The van der Waals surface area contributed by atoms with E-state index in [1.165, 1.54) is 12.1 Å². The molecule has 1 aliphatic carbocycles. The number of carbonyl (C=O) groups excluding carboxylic acids is 1. The molecule has 1 saturated heterocycles. The second kappa shape index (κ2) is 8.27. The number of hydrogen-bond donors (Lipinski definition) is 2. The number of amides is 1. The topological polar surface area (TPSA) is 50.4 Å². The quantitative estimate of drug-likeness (QED) is 0.823.